The molecule has 46 heavy (non-hydrogen) atoms. The van der Waals surface area contributed by atoms with Gasteiger partial charge in [0, 0.05) is 24.9 Å². The normalized spacial score (nSPS) is 23.7. The van der Waals surface area contributed by atoms with Crippen molar-refractivity contribution in [2.45, 2.75) is 67.8 Å². The molecular formula is C28H39NO17. The summed E-state index contributed by atoms with van der Waals surface area (Å²) in [6.07, 6.45) is -14.1. The van der Waals surface area contributed by atoms with Crippen molar-refractivity contribution in [3.05, 3.63) is 41.5 Å². The first-order chi connectivity index (χ1) is 21.5. The van der Waals surface area contributed by atoms with Gasteiger partial charge < -0.3 is 81.5 Å². The number of phenolic OH excluding ortho intramolecular Hbond substituents is 5. The minimum absolute atomic E-state index is 0.00734. The van der Waals surface area contributed by atoms with Crippen LogP contribution in [-0.4, -0.2) is 158 Å². The first kappa shape index (κ1) is 38.4. The van der Waals surface area contributed by atoms with Crippen LogP contribution < -0.4 is 5.32 Å². The Morgan fingerprint density at radius 1 is 0.739 bits per heavy atom. The number of Topliss-reactive ketones (excluding diaryl/α,β-unsaturated/α-hetero) is 1. The number of aliphatic hydroxyl groups is 9. The number of phenols is 5. The summed E-state index contributed by atoms with van der Waals surface area (Å²) in [6, 6.07) is 5.58. The van der Waals surface area contributed by atoms with Crippen molar-refractivity contribution in [1.82, 2.24) is 5.32 Å². The molecule has 1 aliphatic heterocycles. The summed E-state index contributed by atoms with van der Waals surface area (Å²) in [6.45, 7) is -1.84. The summed E-state index contributed by atoms with van der Waals surface area (Å²) < 4.78 is 5.24. The van der Waals surface area contributed by atoms with Crippen LogP contribution in [0.5, 0.6) is 28.7 Å². The number of carbonyl (C=O) groups is 2. The van der Waals surface area contributed by atoms with Crippen LogP contribution in [0.25, 0.3) is 0 Å². The molecule has 2 aromatic rings. The average Bonchev–Trinajstić information content (AvgIpc) is 3.02. The van der Waals surface area contributed by atoms with E-state index in [9.17, 15) is 60.7 Å². The molecule has 18 nitrogen and oxygen atoms in total. The summed E-state index contributed by atoms with van der Waals surface area (Å²) in [5.74, 6) is -3.87. The minimum Gasteiger partial charge on any atom is -0.504 e. The number of ketones is 1. The zero-order chi connectivity index (χ0) is 34.9. The lowest BCUT2D eigenvalue weighted by molar-refractivity contribution is -0.229. The lowest BCUT2D eigenvalue weighted by Gasteiger charge is -2.39. The Hall–Kier alpha value is -3.82. The highest BCUT2D eigenvalue weighted by molar-refractivity contribution is 5.94. The third-order valence-electron chi connectivity index (χ3n) is 6.99. The molecule has 0 saturated carbocycles. The molecule has 4 unspecified atom stereocenters. The molecule has 0 aliphatic carbocycles. The number of aliphatic hydroxyl groups excluding tert-OH is 9. The van der Waals surface area contributed by atoms with Gasteiger partial charge in [0.15, 0.2) is 28.7 Å². The van der Waals surface area contributed by atoms with E-state index < -0.39 is 115 Å². The zero-order valence-corrected chi connectivity index (χ0v) is 24.1. The molecule has 0 bridgehead atoms. The first-order valence-electron chi connectivity index (χ1n) is 13.7. The Kier molecular flexibility index (Phi) is 14.3. The molecule has 9 atom stereocenters. The van der Waals surface area contributed by atoms with E-state index in [1.165, 1.54) is 6.07 Å². The topological polar surface area (TPSA) is 339 Å². The SMILES string of the molecule is O=C(Cc1cc(O)c(O)c(O)c1)C[C@@H]1OC(CO)[C@@H](O)[C@H](O)C1O.O=C(NCC(O)[C@@H](O)[C@H](O)C(O)CO)c1ccc(O)c(O)c1. The fourth-order valence-electron chi connectivity index (χ4n) is 4.28. The predicted octanol–water partition coefficient (Wildman–Crippen LogP) is -4.59. The number of hydrogen-bond donors (Lipinski definition) is 15. The number of benzene rings is 2. The maximum atomic E-state index is 12.1. The van der Waals surface area contributed by atoms with Gasteiger partial charge in [-0.15, -0.1) is 0 Å². The Morgan fingerprint density at radius 2 is 1.30 bits per heavy atom. The van der Waals surface area contributed by atoms with Crippen LogP contribution in [0.2, 0.25) is 0 Å². The Morgan fingerprint density at radius 3 is 1.85 bits per heavy atom. The van der Waals surface area contributed by atoms with Crippen LogP contribution in [0.1, 0.15) is 22.3 Å². The highest BCUT2D eigenvalue weighted by Crippen LogP contribution is 2.35. The lowest BCUT2D eigenvalue weighted by atomic mass is 9.91. The standard InChI is InChI=1S/C15H20O9.C13H19NO8/c16-5-11-14(22)15(23)13(21)10(24-11)4-7(17)1-6-2-8(18)12(20)9(19)3-6;15-5-10(19)12(21)11(20)9(18)4-14-13(22)6-1-2-7(16)8(17)3-6/h2-3,10-11,13-16,18-23H,1,4-5H2;1-3,9-12,15-21H,4-5H2,(H,14,22)/t10-,11?,13?,14+,15+;9?,10?,11-,12-/m01/s1. The van der Waals surface area contributed by atoms with Crippen LogP contribution in [0.15, 0.2) is 30.3 Å². The van der Waals surface area contributed by atoms with E-state index in [1.54, 1.807) is 0 Å². The lowest BCUT2D eigenvalue weighted by Crippen LogP contribution is -2.58. The van der Waals surface area contributed by atoms with Gasteiger partial charge >= 0.3 is 0 Å². The monoisotopic (exact) mass is 661 g/mol. The Bertz CT molecular complexity index is 1280. The summed E-state index contributed by atoms with van der Waals surface area (Å²) in [5.41, 5.74) is 0.241. The second kappa shape index (κ2) is 17.2. The van der Waals surface area contributed by atoms with Crippen molar-refractivity contribution in [2.24, 2.45) is 0 Å². The van der Waals surface area contributed by atoms with E-state index in [0.717, 1.165) is 24.3 Å². The highest BCUT2D eigenvalue weighted by Gasteiger charge is 2.43. The van der Waals surface area contributed by atoms with Crippen molar-refractivity contribution >= 4 is 11.7 Å². The van der Waals surface area contributed by atoms with Gasteiger partial charge in [0.05, 0.1) is 25.4 Å². The maximum Gasteiger partial charge on any atom is 0.251 e. The number of amides is 1. The second-order valence-corrected chi connectivity index (χ2v) is 10.5. The van der Waals surface area contributed by atoms with Gasteiger partial charge in [0.1, 0.15) is 48.5 Å². The smallest absolute Gasteiger partial charge is 0.251 e. The molecule has 1 saturated heterocycles. The number of nitrogens with one attached hydrogen (secondary N) is 1. The van der Waals surface area contributed by atoms with E-state index in [0.29, 0.717) is 0 Å². The van der Waals surface area contributed by atoms with Gasteiger partial charge in [0.2, 0.25) is 0 Å². The molecule has 2 aromatic carbocycles. The second-order valence-electron chi connectivity index (χ2n) is 10.5. The van der Waals surface area contributed by atoms with E-state index >= 15 is 0 Å². The molecule has 3 rings (SSSR count). The quantitative estimate of drug-likeness (QED) is 0.0951. The highest BCUT2D eigenvalue weighted by atomic mass is 16.5. The van der Waals surface area contributed by atoms with Gasteiger partial charge in [-0.1, -0.05) is 0 Å². The van der Waals surface area contributed by atoms with Gasteiger partial charge in [-0.2, -0.15) is 0 Å². The van der Waals surface area contributed by atoms with Crippen LogP contribution in [0, 0.1) is 0 Å². The van der Waals surface area contributed by atoms with Gasteiger partial charge in [-0.3, -0.25) is 9.59 Å². The molecule has 18 heteroatoms. The van der Waals surface area contributed by atoms with Crippen molar-refractivity contribution < 1.29 is 85.8 Å². The zero-order valence-electron chi connectivity index (χ0n) is 24.1. The maximum absolute atomic E-state index is 12.1. The molecule has 1 aliphatic rings. The predicted molar refractivity (Wildman–Crippen MR) is 152 cm³/mol. The summed E-state index contributed by atoms with van der Waals surface area (Å²) in [5, 5.41) is 133. The number of rotatable bonds is 12. The fourth-order valence-corrected chi connectivity index (χ4v) is 4.28. The Balaban J connectivity index is 0.000000322. The van der Waals surface area contributed by atoms with Crippen molar-refractivity contribution in [3.8, 4) is 28.7 Å². The largest absolute Gasteiger partial charge is 0.504 e. The van der Waals surface area contributed by atoms with Crippen molar-refractivity contribution in [2.75, 3.05) is 19.8 Å². The van der Waals surface area contributed by atoms with E-state index in [4.69, 9.17) is 25.2 Å². The number of hydrogen-bond acceptors (Lipinski definition) is 17. The third-order valence-corrected chi connectivity index (χ3v) is 6.99. The van der Waals surface area contributed by atoms with Crippen molar-refractivity contribution in [1.29, 1.82) is 0 Å². The van der Waals surface area contributed by atoms with Gasteiger partial charge in [-0.25, -0.2) is 0 Å². The summed E-state index contributed by atoms with van der Waals surface area (Å²) in [7, 11) is 0. The van der Waals surface area contributed by atoms with Crippen LogP contribution >= 0.6 is 0 Å². The summed E-state index contributed by atoms with van der Waals surface area (Å²) >= 11 is 0. The molecule has 0 spiro atoms. The average molecular weight is 662 g/mol. The molecule has 1 heterocycles. The molecule has 1 amide bonds. The third kappa shape index (κ3) is 10.1. The Labute approximate surface area is 260 Å². The minimum atomic E-state index is -1.78. The molecule has 0 radical (unpaired) electrons. The fraction of sp³-hybridized carbons (Fsp3) is 0.500. The van der Waals surface area contributed by atoms with Crippen LogP contribution in [0.4, 0.5) is 0 Å². The first-order valence-corrected chi connectivity index (χ1v) is 13.7. The van der Waals surface area contributed by atoms with E-state index in [2.05, 4.69) is 5.32 Å². The van der Waals surface area contributed by atoms with Crippen molar-refractivity contribution in [3.63, 3.8) is 0 Å². The molecule has 15 N–H and O–H groups in total. The van der Waals surface area contributed by atoms with Gasteiger partial charge in [-0.05, 0) is 35.9 Å². The van der Waals surface area contributed by atoms with Gasteiger partial charge in [0.25, 0.3) is 5.91 Å². The van der Waals surface area contributed by atoms with Crippen LogP contribution in [-0.2, 0) is 16.0 Å². The molecular weight excluding hydrogens is 622 g/mol. The number of ether oxygens (including phenoxy) is 1. The van der Waals surface area contributed by atoms with Crippen LogP contribution in [0.3, 0.4) is 0 Å². The van der Waals surface area contributed by atoms with E-state index in [1.807, 2.05) is 0 Å². The van der Waals surface area contributed by atoms with E-state index in [-0.39, 0.29) is 24.0 Å². The molecule has 1 fully saturated rings. The number of aromatic hydroxyl groups is 5. The molecule has 258 valence electrons. The summed E-state index contributed by atoms with van der Waals surface area (Å²) in [4.78, 5) is 23.8. The molecule has 0 aromatic heterocycles. The number of carbonyl (C=O) groups excluding carboxylic acids is 2.